The minimum absolute atomic E-state index is 0.0694. The van der Waals surface area contributed by atoms with Crippen molar-refractivity contribution < 1.29 is 14.6 Å². The molecule has 2 N–H and O–H groups in total. The van der Waals surface area contributed by atoms with Crippen molar-refractivity contribution >= 4 is 11.6 Å². The summed E-state index contributed by atoms with van der Waals surface area (Å²) in [6.07, 6.45) is 1.98. The molecule has 4 nitrogen and oxygen atoms in total. The lowest BCUT2D eigenvalue weighted by atomic mass is 10.1. The van der Waals surface area contributed by atoms with Crippen LogP contribution in [-0.2, 0) is 9.53 Å². The topological polar surface area (TPSA) is 58.6 Å². The van der Waals surface area contributed by atoms with E-state index in [0.29, 0.717) is 6.42 Å². The maximum absolute atomic E-state index is 12.1. The van der Waals surface area contributed by atoms with Crippen molar-refractivity contribution in [1.82, 2.24) is 0 Å². The number of amides is 1. The van der Waals surface area contributed by atoms with Crippen molar-refractivity contribution in [2.45, 2.75) is 45.3 Å². The number of rotatable bonds is 3. The molecule has 0 bridgehead atoms. The van der Waals surface area contributed by atoms with Crippen molar-refractivity contribution in [2.24, 2.45) is 0 Å². The Kier molecular flexibility index (Phi) is 5.38. The van der Waals surface area contributed by atoms with Crippen LogP contribution in [-0.4, -0.2) is 29.8 Å². The van der Waals surface area contributed by atoms with Gasteiger partial charge in [0, 0.05) is 17.7 Å². The van der Waals surface area contributed by atoms with Gasteiger partial charge in [0.05, 0.1) is 12.7 Å². The van der Waals surface area contributed by atoms with Crippen LogP contribution in [0.25, 0.3) is 0 Å². The van der Waals surface area contributed by atoms with E-state index in [1.807, 2.05) is 32.0 Å². The van der Waals surface area contributed by atoms with Gasteiger partial charge in [0.1, 0.15) is 6.10 Å². The summed E-state index contributed by atoms with van der Waals surface area (Å²) in [7, 11) is 0. The Bertz CT molecular complexity index is 571. The molecule has 1 amide bonds. The van der Waals surface area contributed by atoms with Crippen molar-refractivity contribution in [3.8, 4) is 11.8 Å². The number of hydrogen-bond donors (Lipinski definition) is 2. The van der Waals surface area contributed by atoms with Crippen LogP contribution in [0.2, 0.25) is 0 Å². The Morgan fingerprint density at radius 1 is 1.48 bits per heavy atom. The summed E-state index contributed by atoms with van der Waals surface area (Å²) in [6, 6.07) is 5.62. The second-order valence-corrected chi connectivity index (χ2v) is 5.31. The molecule has 0 saturated carbocycles. The maximum atomic E-state index is 12.1. The van der Waals surface area contributed by atoms with Gasteiger partial charge in [-0.05, 0) is 50.5 Å². The Balaban J connectivity index is 2.00. The Morgan fingerprint density at radius 2 is 2.29 bits per heavy atom. The first kappa shape index (κ1) is 15.6. The molecule has 0 spiro atoms. The van der Waals surface area contributed by atoms with Gasteiger partial charge in [0.2, 0.25) is 0 Å². The van der Waals surface area contributed by atoms with E-state index in [1.165, 1.54) is 0 Å². The lowest BCUT2D eigenvalue weighted by Gasteiger charge is -2.12. The molecule has 1 aliphatic heterocycles. The monoisotopic (exact) mass is 287 g/mol. The van der Waals surface area contributed by atoms with E-state index in [-0.39, 0.29) is 24.7 Å². The summed E-state index contributed by atoms with van der Waals surface area (Å²) in [5, 5.41) is 11.6. The molecule has 0 radical (unpaired) electrons. The maximum Gasteiger partial charge on any atom is 0.253 e. The van der Waals surface area contributed by atoms with E-state index in [1.54, 1.807) is 0 Å². The third kappa shape index (κ3) is 4.32. The number of carbonyl (C=O) groups excluding carboxylic acids is 1. The Labute approximate surface area is 125 Å². The number of aliphatic hydroxyl groups is 1. The molecule has 0 aromatic heterocycles. The predicted molar refractivity (Wildman–Crippen MR) is 82.0 cm³/mol. The van der Waals surface area contributed by atoms with Gasteiger partial charge in [-0.25, -0.2) is 0 Å². The Hall–Kier alpha value is -1.83. The first-order valence-electron chi connectivity index (χ1n) is 7.27. The molecule has 2 rings (SSSR count). The number of hydrogen-bond acceptors (Lipinski definition) is 3. The molecule has 2 atom stereocenters. The number of benzene rings is 1. The van der Waals surface area contributed by atoms with Crippen LogP contribution >= 0.6 is 0 Å². The molecule has 21 heavy (non-hydrogen) atoms. The quantitative estimate of drug-likeness (QED) is 0.838. The summed E-state index contributed by atoms with van der Waals surface area (Å²) >= 11 is 0. The number of carbonyl (C=O) groups is 1. The lowest BCUT2D eigenvalue weighted by Crippen LogP contribution is -2.27. The molecule has 2 unspecified atom stereocenters. The SMILES string of the molecule is Cc1cc(NC(=O)C2CCC(C)O2)ccc1C#CCCO. The predicted octanol–water partition coefficient (Wildman–Crippen LogP) is 2.23. The molecule has 4 heteroatoms. The second-order valence-electron chi connectivity index (χ2n) is 5.31. The van der Waals surface area contributed by atoms with Gasteiger partial charge in [-0.15, -0.1) is 0 Å². The lowest BCUT2D eigenvalue weighted by molar-refractivity contribution is -0.126. The average molecular weight is 287 g/mol. The first-order chi connectivity index (χ1) is 10.1. The fourth-order valence-electron chi connectivity index (χ4n) is 2.31. The van der Waals surface area contributed by atoms with Crippen LogP contribution in [0.4, 0.5) is 5.69 Å². The van der Waals surface area contributed by atoms with E-state index in [0.717, 1.165) is 29.7 Å². The molecule has 1 aromatic carbocycles. The van der Waals surface area contributed by atoms with Crippen molar-refractivity contribution in [3.63, 3.8) is 0 Å². The molecule has 112 valence electrons. The molecule has 1 fully saturated rings. The van der Waals surface area contributed by atoms with Crippen molar-refractivity contribution in [1.29, 1.82) is 0 Å². The van der Waals surface area contributed by atoms with E-state index in [4.69, 9.17) is 9.84 Å². The largest absolute Gasteiger partial charge is 0.395 e. The van der Waals surface area contributed by atoms with E-state index < -0.39 is 0 Å². The minimum Gasteiger partial charge on any atom is -0.395 e. The summed E-state index contributed by atoms with van der Waals surface area (Å²) in [5.41, 5.74) is 2.67. The second kappa shape index (κ2) is 7.26. The molecule has 1 saturated heterocycles. The van der Waals surface area contributed by atoms with Crippen molar-refractivity contribution in [3.05, 3.63) is 29.3 Å². The minimum atomic E-state index is -0.343. The van der Waals surface area contributed by atoms with Gasteiger partial charge in [-0.2, -0.15) is 0 Å². The van der Waals surface area contributed by atoms with Crippen LogP contribution in [0.15, 0.2) is 18.2 Å². The average Bonchev–Trinajstić information content (AvgIpc) is 2.88. The normalized spacial score (nSPS) is 20.7. The zero-order valence-corrected chi connectivity index (χ0v) is 12.5. The highest BCUT2D eigenvalue weighted by molar-refractivity contribution is 5.94. The van der Waals surface area contributed by atoms with Gasteiger partial charge in [0.15, 0.2) is 0 Å². The molecule has 1 aliphatic rings. The third-order valence-electron chi connectivity index (χ3n) is 3.48. The fourth-order valence-corrected chi connectivity index (χ4v) is 2.31. The van der Waals surface area contributed by atoms with Crippen LogP contribution in [0.1, 0.15) is 37.3 Å². The summed E-state index contributed by atoms with van der Waals surface area (Å²) in [6.45, 7) is 4.00. The van der Waals surface area contributed by atoms with Gasteiger partial charge in [-0.3, -0.25) is 4.79 Å². The molecular formula is C17H21NO3. The number of anilines is 1. The highest BCUT2D eigenvalue weighted by Gasteiger charge is 2.28. The first-order valence-corrected chi connectivity index (χ1v) is 7.27. The van der Waals surface area contributed by atoms with E-state index in [9.17, 15) is 4.79 Å². The van der Waals surface area contributed by atoms with E-state index in [2.05, 4.69) is 17.2 Å². The zero-order valence-electron chi connectivity index (χ0n) is 12.5. The third-order valence-corrected chi connectivity index (χ3v) is 3.48. The molecular weight excluding hydrogens is 266 g/mol. The van der Waals surface area contributed by atoms with Gasteiger partial charge < -0.3 is 15.2 Å². The van der Waals surface area contributed by atoms with E-state index >= 15 is 0 Å². The summed E-state index contributed by atoms with van der Waals surface area (Å²) < 4.78 is 5.56. The van der Waals surface area contributed by atoms with Crippen molar-refractivity contribution in [2.75, 3.05) is 11.9 Å². The molecule has 1 aromatic rings. The highest BCUT2D eigenvalue weighted by Crippen LogP contribution is 2.21. The van der Waals surface area contributed by atoms with Crippen LogP contribution < -0.4 is 5.32 Å². The number of aryl methyl sites for hydroxylation is 1. The van der Waals surface area contributed by atoms with Gasteiger partial charge >= 0.3 is 0 Å². The van der Waals surface area contributed by atoms with Gasteiger partial charge in [-0.1, -0.05) is 11.8 Å². The number of aliphatic hydroxyl groups excluding tert-OH is 1. The fraction of sp³-hybridized carbons (Fsp3) is 0.471. The smallest absolute Gasteiger partial charge is 0.253 e. The van der Waals surface area contributed by atoms with Crippen LogP contribution in [0.5, 0.6) is 0 Å². The zero-order chi connectivity index (χ0) is 15.2. The van der Waals surface area contributed by atoms with Crippen LogP contribution in [0.3, 0.4) is 0 Å². The standard InChI is InChI=1S/C17H21NO3/c1-12-11-15(8-7-14(12)5-3-4-10-19)18-17(20)16-9-6-13(2)21-16/h7-8,11,13,16,19H,4,6,9-10H2,1-2H3,(H,18,20). The summed E-state index contributed by atoms with van der Waals surface area (Å²) in [5.74, 6) is 5.82. The highest BCUT2D eigenvalue weighted by atomic mass is 16.5. The van der Waals surface area contributed by atoms with Gasteiger partial charge in [0.25, 0.3) is 5.91 Å². The molecule has 0 aliphatic carbocycles. The molecule has 1 heterocycles. The number of nitrogens with one attached hydrogen (secondary N) is 1. The Morgan fingerprint density at radius 3 is 2.90 bits per heavy atom. The van der Waals surface area contributed by atoms with Crippen LogP contribution in [0, 0.1) is 18.8 Å². The number of ether oxygens (including phenoxy) is 1. The summed E-state index contributed by atoms with van der Waals surface area (Å²) in [4.78, 5) is 12.1.